The molecule has 0 aromatic carbocycles. The summed E-state index contributed by atoms with van der Waals surface area (Å²) in [6.07, 6.45) is 4.86. The summed E-state index contributed by atoms with van der Waals surface area (Å²) in [5, 5.41) is 3.07. The van der Waals surface area contributed by atoms with Crippen LogP contribution in [0.3, 0.4) is 0 Å². The molecule has 2 heterocycles. The number of rotatable bonds is 4. The molecule has 24 heavy (non-hydrogen) atoms. The molecule has 3 fully saturated rings. The van der Waals surface area contributed by atoms with Gasteiger partial charge in [0.2, 0.25) is 11.8 Å². The van der Waals surface area contributed by atoms with Crippen LogP contribution in [0.25, 0.3) is 0 Å². The number of carbonyl (C=O) groups excluding carboxylic acids is 3. The van der Waals surface area contributed by atoms with E-state index in [0.717, 1.165) is 25.7 Å². The topological polar surface area (TPSA) is 79.0 Å². The number of likely N-dealkylation sites (tertiary alicyclic amines) is 2. The summed E-state index contributed by atoms with van der Waals surface area (Å²) in [5.41, 5.74) is 0. The van der Waals surface area contributed by atoms with Crippen LogP contribution < -0.4 is 5.32 Å². The van der Waals surface area contributed by atoms with E-state index in [2.05, 4.69) is 5.32 Å². The molecular weight excluding hydrogens is 310 g/mol. The van der Waals surface area contributed by atoms with Gasteiger partial charge in [0.25, 0.3) is 0 Å². The highest BCUT2D eigenvalue weighted by molar-refractivity contribution is 5.89. The van der Waals surface area contributed by atoms with Gasteiger partial charge in [-0.05, 0) is 39.0 Å². The number of amides is 3. The molecule has 0 bridgehead atoms. The van der Waals surface area contributed by atoms with Crippen LogP contribution in [0.15, 0.2) is 0 Å². The van der Waals surface area contributed by atoms with Crippen molar-refractivity contribution in [3.05, 3.63) is 0 Å². The van der Waals surface area contributed by atoms with Gasteiger partial charge >= 0.3 is 6.09 Å². The Bertz CT molecular complexity index is 498. The first-order valence-corrected chi connectivity index (χ1v) is 9.10. The van der Waals surface area contributed by atoms with Crippen molar-refractivity contribution in [1.82, 2.24) is 15.1 Å². The van der Waals surface area contributed by atoms with E-state index in [4.69, 9.17) is 4.74 Å². The third-order valence-electron chi connectivity index (χ3n) is 5.41. The van der Waals surface area contributed by atoms with Crippen LogP contribution >= 0.6 is 0 Å². The summed E-state index contributed by atoms with van der Waals surface area (Å²) in [7, 11) is 0. The zero-order valence-corrected chi connectivity index (χ0v) is 14.3. The van der Waals surface area contributed by atoms with Gasteiger partial charge in [0.15, 0.2) is 0 Å². The lowest BCUT2D eigenvalue weighted by Gasteiger charge is -2.35. The molecule has 1 N–H and O–H groups in total. The van der Waals surface area contributed by atoms with E-state index in [9.17, 15) is 14.4 Å². The first-order valence-electron chi connectivity index (χ1n) is 9.10. The summed E-state index contributed by atoms with van der Waals surface area (Å²) in [6.45, 7) is 3.93. The van der Waals surface area contributed by atoms with Crippen molar-refractivity contribution in [2.24, 2.45) is 5.92 Å². The van der Waals surface area contributed by atoms with Crippen molar-refractivity contribution < 1.29 is 19.1 Å². The maximum atomic E-state index is 12.5. The zero-order chi connectivity index (χ0) is 17.1. The molecule has 1 aliphatic carbocycles. The van der Waals surface area contributed by atoms with Crippen LogP contribution in [0.4, 0.5) is 4.79 Å². The predicted octanol–water partition coefficient (Wildman–Crippen LogP) is 1.12. The van der Waals surface area contributed by atoms with Crippen molar-refractivity contribution in [2.45, 2.75) is 57.5 Å². The van der Waals surface area contributed by atoms with Gasteiger partial charge < -0.3 is 19.9 Å². The van der Waals surface area contributed by atoms with E-state index in [0.29, 0.717) is 38.7 Å². The smallest absolute Gasteiger partial charge is 0.409 e. The predicted molar refractivity (Wildman–Crippen MR) is 87.2 cm³/mol. The number of nitrogens with one attached hydrogen (secondary N) is 1. The van der Waals surface area contributed by atoms with E-state index in [1.807, 2.05) is 4.90 Å². The number of ether oxygens (including phenoxy) is 1. The lowest BCUT2D eigenvalue weighted by Crippen LogP contribution is -2.48. The summed E-state index contributed by atoms with van der Waals surface area (Å²) < 4.78 is 5.00. The highest BCUT2D eigenvalue weighted by Crippen LogP contribution is 2.30. The second-order valence-electron chi connectivity index (χ2n) is 7.00. The summed E-state index contributed by atoms with van der Waals surface area (Å²) in [4.78, 5) is 39.8. The molecule has 2 saturated heterocycles. The minimum atomic E-state index is -0.278. The summed E-state index contributed by atoms with van der Waals surface area (Å²) in [5.74, 6) is -0.113. The molecule has 0 radical (unpaired) electrons. The van der Waals surface area contributed by atoms with E-state index in [1.54, 1.807) is 11.8 Å². The fourth-order valence-electron chi connectivity index (χ4n) is 3.70. The monoisotopic (exact) mass is 337 g/mol. The molecule has 3 rings (SSSR count). The standard InChI is InChI=1S/C17H27N3O4/c1-2-24-17(23)19-8-6-13(7-9-19)18-16(22)12-10-15(21)20(11-12)14-4-3-5-14/h12-14H,2-11H2,1H3,(H,18,22). The lowest BCUT2D eigenvalue weighted by molar-refractivity contribution is -0.131. The Morgan fingerprint density at radius 3 is 2.50 bits per heavy atom. The molecule has 0 aromatic rings. The molecule has 2 aliphatic heterocycles. The van der Waals surface area contributed by atoms with Gasteiger partial charge in [-0.3, -0.25) is 9.59 Å². The van der Waals surface area contributed by atoms with Crippen LogP contribution in [0.2, 0.25) is 0 Å². The van der Waals surface area contributed by atoms with Crippen LogP contribution in [-0.4, -0.2) is 66.0 Å². The number of nitrogens with zero attached hydrogens (tertiary/aromatic N) is 2. The van der Waals surface area contributed by atoms with Gasteiger partial charge in [-0.25, -0.2) is 4.79 Å². The van der Waals surface area contributed by atoms with E-state index in [-0.39, 0.29) is 29.9 Å². The molecule has 0 aromatic heterocycles. The van der Waals surface area contributed by atoms with Gasteiger partial charge in [0, 0.05) is 38.1 Å². The molecular formula is C17H27N3O4. The van der Waals surface area contributed by atoms with Crippen LogP contribution in [0.1, 0.15) is 45.4 Å². The number of piperidine rings is 1. The van der Waals surface area contributed by atoms with Crippen LogP contribution in [-0.2, 0) is 14.3 Å². The molecule has 134 valence electrons. The SMILES string of the molecule is CCOC(=O)N1CCC(NC(=O)C2CC(=O)N(C3CCC3)C2)CC1. The van der Waals surface area contributed by atoms with E-state index in [1.165, 1.54) is 6.42 Å². The van der Waals surface area contributed by atoms with Gasteiger partial charge in [-0.2, -0.15) is 0 Å². The first kappa shape index (κ1) is 17.0. The molecule has 1 atom stereocenters. The summed E-state index contributed by atoms with van der Waals surface area (Å²) >= 11 is 0. The quantitative estimate of drug-likeness (QED) is 0.834. The third kappa shape index (κ3) is 3.65. The molecule has 3 aliphatic rings. The number of hydrogen-bond acceptors (Lipinski definition) is 4. The maximum absolute atomic E-state index is 12.5. The van der Waals surface area contributed by atoms with Crippen molar-refractivity contribution >= 4 is 17.9 Å². The average molecular weight is 337 g/mol. The van der Waals surface area contributed by atoms with Crippen LogP contribution in [0.5, 0.6) is 0 Å². The third-order valence-corrected chi connectivity index (χ3v) is 5.41. The highest BCUT2D eigenvalue weighted by Gasteiger charge is 2.40. The molecule has 0 spiro atoms. The number of carbonyl (C=O) groups is 3. The minimum Gasteiger partial charge on any atom is -0.450 e. The Morgan fingerprint density at radius 2 is 1.92 bits per heavy atom. The summed E-state index contributed by atoms with van der Waals surface area (Å²) in [6, 6.07) is 0.444. The zero-order valence-electron chi connectivity index (χ0n) is 14.3. The van der Waals surface area contributed by atoms with Crippen molar-refractivity contribution in [1.29, 1.82) is 0 Å². The van der Waals surface area contributed by atoms with E-state index >= 15 is 0 Å². The van der Waals surface area contributed by atoms with Gasteiger partial charge in [-0.15, -0.1) is 0 Å². The fraction of sp³-hybridized carbons (Fsp3) is 0.824. The molecule has 7 nitrogen and oxygen atoms in total. The Kier molecular flexibility index (Phi) is 5.26. The normalized spacial score (nSPS) is 25.5. The lowest BCUT2D eigenvalue weighted by atomic mass is 9.92. The van der Waals surface area contributed by atoms with Gasteiger partial charge in [0.05, 0.1) is 12.5 Å². The van der Waals surface area contributed by atoms with E-state index < -0.39 is 0 Å². The second-order valence-corrected chi connectivity index (χ2v) is 7.00. The Morgan fingerprint density at radius 1 is 1.21 bits per heavy atom. The van der Waals surface area contributed by atoms with Crippen molar-refractivity contribution in [3.63, 3.8) is 0 Å². The van der Waals surface area contributed by atoms with Crippen LogP contribution in [0, 0.1) is 5.92 Å². The minimum absolute atomic E-state index is 0.0141. The van der Waals surface area contributed by atoms with Crippen molar-refractivity contribution in [3.8, 4) is 0 Å². The Hall–Kier alpha value is -1.79. The molecule has 1 unspecified atom stereocenters. The Balaban J connectivity index is 1.43. The number of hydrogen-bond donors (Lipinski definition) is 1. The molecule has 3 amide bonds. The first-order chi connectivity index (χ1) is 11.6. The fourth-order valence-corrected chi connectivity index (χ4v) is 3.70. The largest absolute Gasteiger partial charge is 0.450 e. The Labute approximate surface area is 142 Å². The molecule has 7 heteroatoms. The van der Waals surface area contributed by atoms with Crippen molar-refractivity contribution in [2.75, 3.05) is 26.2 Å². The van der Waals surface area contributed by atoms with Gasteiger partial charge in [0.1, 0.15) is 0 Å². The highest BCUT2D eigenvalue weighted by atomic mass is 16.6. The maximum Gasteiger partial charge on any atom is 0.409 e. The van der Waals surface area contributed by atoms with Gasteiger partial charge in [-0.1, -0.05) is 0 Å². The second kappa shape index (κ2) is 7.40. The molecule has 1 saturated carbocycles. The average Bonchev–Trinajstić information content (AvgIpc) is 2.88.